The van der Waals surface area contributed by atoms with Crippen molar-refractivity contribution >= 4 is 5.78 Å². The van der Waals surface area contributed by atoms with Gasteiger partial charge in [0.25, 0.3) is 0 Å². The zero-order chi connectivity index (χ0) is 13.0. The Morgan fingerprint density at radius 1 is 1.11 bits per heavy atom. The van der Waals surface area contributed by atoms with E-state index in [1.165, 1.54) is 25.7 Å². The third-order valence-corrected chi connectivity index (χ3v) is 5.00. The summed E-state index contributed by atoms with van der Waals surface area (Å²) in [6, 6.07) is 0. The number of carbonyl (C=O) groups is 1. The third kappa shape index (κ3) is 3.57. The van der Waals surface area contributed by atoms with Gasteiger partial charge in [0.15, 0.2) is 0 Å². The molecule has 0 atom stereocenters. The average molecular weight is 252 g/mol. The molecule has 0 bridgehead atoms. The minimum atomic E-state index is 0.136. The quantitative estimate of drug-likeness (QED) is 0.752. The summed E-state index contributed by atoms with van der Waals surface area (Å²) in [5.74, 6) is 2.16. The summed E-state index contributed by atoms with van der Waals surface area (Å²) in [4.78, 5) is 11.3. The second kappa shape index (κ2) is 6.18. The average Bonchev–Trinajstić information content (AvgIpc) is 2.39. The molecule has 0 aromatic heterocycles. The lowest BCUT2D eigenvalue weighted by molar-refractivity contribution is -0.122. The zero-order valence-corrected chi connectivity index (χ0v) is 12.0. The van der Waals surface area contributed by atoms with Gasteiger partial charge in [-0.3, -0.25) is 4.79 Å². The molecule has 0 heterocycles. The van der Waals surface area contributed by atoms with E-state index in [2.05, 4.69) is 13.8 Å². The number of ether oxygens (including phenoxy) is 1. The molecule has 0 spiro atoms. The maximum Gasteiger partial charge on any atom is 0.132 e. The van der Waals surface area contributed by atoms with Gasteiger partial charge in [0.1, 0.15) is 5.78 Å². The van der Waals surface area contributed by atoms with Crippen LogP contribution in [-0.4, -0.2) is 18.0 Å². The molecule has 0 aromatic carbocycles. The summed E-state index contributed by atoms with van der Waals surface area (Å²) >= 11 is 0. The lowest BCUT2D eigenvalue weighted by Crippen LogP contribution is -2.36. The molecule has 18 heavy (non-hydrogen) atoms. The van der Waals surface area contributed by atoms with Crippen LogP contribution in [0, 0.1) is 11.8 Å². The van der Waals surface area contributed by atoms with Gasteiger partial charge in [-0.15, -0.1) is 0 Å². The van der Waals surface area contributed by atoms with Gasteiger partial charge in [0, 0.05) is 19.4 Å². The first-order valence-electron chi connectivity index (χ1n) is 7.78. The predicted molar refractivity (Wildman–Crippen MR) is 73.6 cm³/mol. The fourth-order valence-electron chi connectivity index (χ4n) is 3.65. The van der Waals surface area contributed by atoms with Crippen molar-refractivity contribution in [3.05, 3.63) is 0 Å². The monoisotopic (exact) mass is 252 g/mol. The van der Waals surface area contributed by atoms with Crippen LogP contribution in [0.25, 0.3) is 0 Å². The summed E-state index contributed by atoms with van der Waals surface area (Å²) in [5.41, 5.74) is 0.136. The van der Waals surface area contributed by atoms with Crippen LogP contribution in [0.3, 0.4) is 0 Å². The third-order valence-electron chi connectivity index (χ3n) is 5.00. The topological polar surface area (TPSA) is 26.3 Å². The zero-order valence-electron chi connectivity index (χ0n) is 12.0. The number of rotatable bonds is 4. The fourth-order valence-corrected chi connectivity index (χ4v) is 3.65. The minimum absolute atomic E-state index is 0.136. The van der Waals surface area contributed by atoms with Crippen LogP contribution < -0.4 is 0 Å². The second-order valence-corrected chi connectivity index (χ2v) is 6.51. The molecule has 2 aliphatic rings. The Hall–Kier alpha value is -0.370. The van der Waals surface area contributed by atoms with Crippen LogP contribution in [0.4, 0.5) is 0 Å². The molecule has 2 saturated carbocycles. The van der Waals surface area contributed by atoms with Gasteiger partial charge in [0.2, 0.25) is 0 Å². The Balaban J connectivity index is 1.77. The van der Waals surface area contributed by atoms with Crippen LogP contribution in [-0.2, 0) is 9.53 Å². The Labute approximate surface area is 111 Å². The van der Waals surface area contributed by atoms with Crippen molar-refractivity contribution in [2.45, 2.75) is 77.2 Å². The summed E-state index contributed by atoms with van der Waals surface area (Å²) < 4.78 is 6.02. The van der Waals surface area contributed by atoms with Crippen molar-refractivity contribution in [3.63, 3.8) is 0 Å². The van der Waals surface area contributed by atoms with E-state index in [4.69, 9.17) is 4.74 Å². The lowest BCUT2D eigenvalue weighted by atomic mass is 9.70. The summed E-state index contributed by atoms with van der Waals surface area (Å²) in [5, 5.41) is 0. The highest BCUT2D eigenvalue weighted by Crippen LogP contribution is 2.41. The SMILES string of the molecule is CCCOC1(C)CCC(C2CCC(=O)CC2)CC1. The van der Waals surface area contributed by atoms with Crippen LogP contribution in [0.15, 0.2) is 0 Å². The van der Waals surface area contributed by atoms with Crippen molar-refractivity contribution in [1.82, 2.24) is 0 Å². The van der Waals surface area contributed by atoms with E-state index in [0.29, 0.717) is 5.78 Å². The molecule has 2 aliphatic carbocycles. The van der Waals surface area contributed by atoms with E-state index in [-0.39, 0.29) is 5.60 Å². The van der Waals surface area contributed by atoms with Gasteiger partial charge in [-0.05, 0) is 63.7 Å². The molecule has 0 N–H and O–H groups in total. The molecule has 2 rings (SSSR count). The molecule has 2 fully saturated rings. The van der Waals surface area contributed by atoms with Crippen molar-refractivity contribution < 1.29 is 9.53 Å². The minimum Gasteiger partial charge on any atom is -0.375 e. The van der Waals surface area contributed by atoms with E-state index in [1.807, 2.05) is 0 Å². The summed E-state index contributed by atoms with van der Waals surface area (Å²) in [7, 11) is 0. The van der Waals surface area contributed by atoms with Crippen LogP contribution >= 0.6 is 0 Å². The van der Waals surface area contributed by atoms with Crippen molar-refractivity contribution in [2.75, 3.05) is 6.61 Å². The molecule has 0 aromatic rings. The van der Waals surface area contributed by atoms with Gasteiger partial charge in [-0.2, -0.15) is 0 Å². The maximum atomic E-state index is 11.3. The summed E-state index contributed by atoms with van der Waals surface area (Å²) in [6.07, 6.45) is 10.1. The van der Waals surface area contributed by atoms with Crippen molar-refractivity contribution in [2.24, 2.45) is 11.8 Å². The fraction of sp³-hybridized carbons (Fsp3) is 0.938. The molecule has 0 amide bonds. The van der Waals surface area contributed by atoms with Gasteiger partial charge in [0.05, 0.1) is 5.60 Å². The first-order chi connectivity index (χ1) is 8.63. The Bertz CT molecular complexity index is 267. The molecular formula is C16H28O2. The highest BCUT2D eigenvalue weighted by Gasteiger charge is 2.35. The number of hydrogen-bond acceptors (Lipinski definition) is 2. The number of hydrogen-bond donors (Lipinski definition) is 0. The van der Waals surface area contributed by atoms with Crippen LogP contribution in [0.1, 0.15) is 71.6 Å². The van der Waals surface area contributed by atoms with E-state index >= 15 is 0 Å². The molecule has 0 radical (unpaired) electrons. The lowest BCUT2D eigenvalue weighted by Gasteiger charge is -2.41. The number of ketones is 1. The number of Topliss-reactive ketones (excluding diaryl/α,β-unsaturated/α-hetero) is 1. The highest BCUT2D eigenvalue weighted by atomic mass is 16.5. The normalized spacial score (nSPS) is 34.8. The summed E-state index contributed by atoms with van der Waals surface area (Å²) in [6.45, 7) is 5.36. The Morgan fingerprint density at radius 2 is 1.67 bits per heavy atom. The van der Waals surface area contributed by atoms with Gasteiger partial charge >= 0.3 is 0 Å². The molecule has 2 heteroatoms. The molecule has 0 saturated heterocycles. The molecule has 2 nitrogen and oxygen atoms in total. The van der Waals surface area contributed by atoms with E-state index in [0.717, 1.165) is 50.5 Å². The van der Waals surface area contributed by atoms with Crippen LogP contribution in [0.2, 0.25) is 0 Å². The number of carbonyl (C=O) groups excluding carboxylic acids is 1. The van der Waals surface area contributed by atoms with Gasteiger partial charge in [-0.1, -0.05) is 6.92 Å². The van der Waals surface area contributed by atoms with Gasteiger partial charge < -0.3 is 4.74 Å². The molecule has 104 valence electrons. The largest absolute Gasteiger partial charge is 0.375 e. The molecular weight excluding hydrogens is 224 g/mol. The van der Waals surface area contributed by atoms with Crippen molar-refractivity contribution in [1.29, 1.82) is 0 Å². The van der Waals surface area contributed by atoms with Gasteiger partial charge in [-0.25, -0.2) is 0 Å². The maximum absolute atomic E-state index is 11.3. The first kappa shape index (κ1) is 14.0. The van der Waals surface area contributed by atoms with E-state index in [1.54, 1.807) is 0 Å². The Kier molecular flexibility index (Phi) is 4.83. The van der Waals surface area contributed by atoms with E-state index in [9.17, 15) is 4.79 Å². The molecule has 0 unspecified atom stereocenters. The Morgan fingerprint density at radius 3 is 2.22 bits per heavy atom. The predicted octanol–water partition coefficient (Wildman–Crippen LogP) is 4.12. The standard InChI is InChI=1S/C16H28O2/c1-3-12-18-16(2)10-8-14(9-11-16)13-4-6-15(17)7-5-13/h13-14H,3-12H2,1-2H3. The second-order valence-electron chi connectivity index (χ2n) is 6.51. The van der Waals surface area contributed by atoms with Crippen LogP contribution in [0.5, 0.6) is 0 Å². The highest BCUT2D eigenvalue weighted by molar-refractivity contribution is 5.79. The molecule has 0 aliphatic heterocycles. The van der Waals surface area contributed by atoms with Crippen molar-refractivity contribution in [3.8, 4) is 0 Å². The first-order valence-corrected chi connectivity index (χ1v) is 7.78. The van der Waals surface area contributed by atoms with E-state index < -0.39 is 0 Å². The smallest absolute Gasteiger partial charge is 0.132 e.